The van der Waals surface area contributed by atoms with Crippen molar-refractivity contribution >= 4 is 11.7 Å². The minimum Gasteiger partial charge on any atom is -0.373 e. The third-order valence-electron chi connectivity index (χ3n) is 3.17. The van der Waals surface area contributed by atoms with Crippen LogP contribution in [0, 0.1) is 0 Å². The molecule has 2 rings (SSSR count). The first kappa shape index (κ1) is 10.9. The fourth-order valence-corrected chi connectivity index (χ4v) is 1.81. The summed E-state index contributed by atoms with van der Waals surface area (Å²) in [6, 6.07) is 5.87. The van der Waals surface area contributed by atoms with E-state index >= 15 is 0 Å². The van der Waals surface area contributed by atoms with Gasteiger partial charge in [0.2, 0.25) is 0 Å². The summed E-state index contributed by atoms with van der Waals surface area (Å²) in [5.41, 5.74) is 0.515. The predicted octanol–water partition coefficient (Wildman–Crippen LogP) is 1.75. The van der Waals surface area contributed by atoms with Crippen LogP contribution in [0.15, 0.2) is 18.2 Å². The molecule has 0 unspecified atom stereocenters. The van der Waals surface area contributed by atoms with Gasteiger partial charge in [-0.3, -0.25) is 4.79 Å². The van der Waals surface area contributed by atoms with Crippen molar-refractivity contribution in [3.05, 3.63) is 23.9 Å². The van der Waals surface area contributed by atoms with E-state index < -0.39 is 0 Å². The molecule has 16 heavy (non-hydrogen) atoms. The summed E-state index contributed by atoms with van der Waals surface area (Å²) < 4.78 is 0. The standard InChI is InChI=1S/C12H17N3O/c1-13-11-8-4-7-10(14-11)12(16)15(2)9-5-3-6-9/h4,7-9H,3,5-6H2,1-2H3,(H,13,14). The first-order chi connectivity index (χ1) is 7.72. The predicted molar refractivity (Wildman–Crippen MR) is 63.5 cm³/mol. The van der Waals surface area contributed by atoms with Crippen LogP contribution in [0.1, 0.15) is 29.8 Å². The lowest BCUT2D eigenvalue weighted by Crippen LogP contribution is -2.41. The SMILES string of the molecule is CNc1cccc(C(=O)N(C)C2CCC2)n1. The number of carbonyl (C=O) groups is 1. The number of nitrogens with one attached hydrogen (secondary N) is 1. The number of hydrogen-bond donors (Lipinski definition) is 1. The number of pyridine rings is 1. The van der Waals surface area contributed by atoms with Gasteiger partial charge in [0.15, 0.2) is 0 Å². The summed E-state index contributed by atoms with van der Waals surface area (Å²) in [5, 5.41) is 2.94. The van der Waals surface area contributed by atoms with Gasteiger partial charge >= 0.3 is 0 Å². The molecule has 4 heteroatoms. The zero-order valence-electron chi connectivity index (χ0n) is 9.73. The Labute approximate surface area is 95.7 Å². The molecule has 1 aromatic heterocycles. The number of anilines is 1. The molecule has 0 bridgehead atoms. The van der Waals surface area contributed by atoms with Crippen LogP contribution >= 0.6 is 0 Å². The average molecular weight is 219 g/mol. The van der Waals surface area contributed by atoms with Gasteiger partial charge in [-0.25, -0.2) is 4.98 Å². The van der Waals surface area contributed by atoms with Crippen molar-refractivity contribution < 1.29 is 4.79 Å². The Hall–Kier alpha value is -1.58. The van der Waals surface area contributed by atoms with E-state index in [0.29, 0.717) is 11.7 Å². The van der Waals surface area contributed by atoms with Gasteiger partial charge in [-0.1, -0.05) is 6.07 Å². The summed E-state index contributed by atoms with van der Waals surface area (Å²) in [7, 11) is 3.66. The summed E-state index contributed by atoms with van der Waals surface area (Å²) in [4.78, 5) is 18.1. The van der Waals surface area contributed by atoms with Crippen LogP contribution in [0.5, 0.6) is 0 Å². The zero-order valence-corrected chi connectivity index (χ0v) is 9.73. The molecule has 4 nitrogen and oxygen atoms in total. The monoisotopic (exact) mass is 219 g/mol. The second kappa shape index (κ2) is 4.51. The van der Waals surface area contributed by atoms with E-state index in [4.69, 9.17) is 0 Å². The Bertz CT molecular complexity index is 388. The molecule has 0 aromatic carbocycles. The maximum absolute atomic E-state index is 12.1. The summed E-state index contributed by atoms with van der Waals surface area (Å²) in [6.07, 6.45) is 3.47. The third kappa shape index (κ3) is 2.01. The second-order valence-corrected chi connectivity index (χ2v) is 4.16. The van der Waals surface area contributed by atoms with E-state index in [0.717, 1.165) is 18.7 Å². The van der Waals surface area contributed by atoms with Gasteiger partial charge in [0.05, 0.1) is 0 Å². The Balaban J connectivity index is 2.12. The molecular weight excluding hydrogens is 202 g/mol. The van der Waals surface area contributed by atoms with Crippen molar-refractivity contribution in [2.45, 2.75) is 25.3 Å². The van der Waals surface area contributed by atoms with Crippen molar-refractivity contribution in [3.63, 3.8) is 0 Å². The van der Waals surface area contributed by atoms with Gasteiger partial charge in [-0.05, 0) is 31.4 Å². The maximum atomic E-state index is 12.1. The van der Waals surface area contributed by atoms with Crippen molar-refractivity contribution in [2.75, 3.05) is 19.4 Å². The first-order valence-electron chi connectivity index (χ1n) is 5.64. The van der Waals surface area contributed by atoms with Crippen LogP contribution in [0.2, 0.25) is 0 Å². The number of carbonyl (C=O) groups excluding carboxylic acids is 1. The molecular formula is C12H17N3O. The van der Waals surface area contributed by atoms with Crippen molar-refractivity contribution in [1.29, 1.82) is 0 Å². The highest BCUT2D eigenvalue weighted by Gasteiger charge is 2.26. The van der Waals surface area contributed by atoms with Crippen LogP contribution < -0.4 is 5.32 Å². The molecule has 1 aromatic rings. The topological polar surface area (TPSA) is 45.2 Å². The lowest BCUT2D eigenvalue weighted by Gasteiger charge is -2.34. The molecule has 1 aliphatic carbocycles. The molecule has 1 N–H and O–H groups in total. The van der Waals surface area contributed by atoms with E-state index in [-0.39, 0.29) is 5.91 Å². The summed E-state index contributed by atoms with van der Waals surface area (Å²) in [6.45, 7) is 0. The molecule has 1 fully saturated rings. The molecule has 1 amide bonds. The van der Waals surface area contributed by atoms with Crippen LogP contribution in [0.25, 0.3) is 0 Å². The van der Waals surface area contributed by atoms with Crippen LogP contribution in [0.3, 0.4) is 0 Å². The number of nitrogens with zero attached hydrogens (tertiary/aromatic N) is 2. The third-order valence-corrected chi connectivity index (χ3v) is 3.17. The molecule has 0 atom stereocenters. The van der Waals surface area contributed by atoms with E-state index in [1.165, 1.54) is 6.42 Å². The Morgan fingerprint density at radius 1 is 1.50 bits per heavy atom. The highest BCUT2D eigenvalue weighted by Crippen LogP contribution is 2.24. The molecule has 1 heterocycles. The number of rotatable bonds is 3. The molecule has 86 valence electrons. The largest absolute Gasteiger partial charge is 0.373 e. The highest BCUT2D eigenvalue weighted by atomic mass is 16.2. The van der Waals surface area contributed by atoms with Crippen LogP contribution in [-0.2, 0) is 0 Å². The Morgan fingerprint density at radius 2 is 2.25 bits per heavy atom. The minimum absolute atomic E-state index is 0.0156. The van der Waals surface area contributed by atoms with Gasteiger partial charge in [0.25, 0.3) is 5.91 Å². The fraction of sp³-hybridized carbons (Fsp3) is 0.500. The quantitative estimate of drug-likeness (QED) is 0.842. The fourth-order valence-electron chi connectivity index (χ4n) is 1.81. The van der Waals surface area contributed by atoms with Gasteiger partial charge in [0, 0.05) is 20.1 Å². The van der Waals surface area contributed by atoms with E-state index in [9.17, 15) is 4.79 Å². The highest BCUT2D eigenvalue weighted by molar-refractivity contribution is 5.92. The van der Waals surface area contributed by atoms with Crippen LogP contribution in [-0.4, -0.2) is 35.9 Å². The second-order valence-electron chi connectivity index (χ2n) is 4.16. The minimum atomic E-state index is 0.0156. The van der Waals surface area contributed by atoms with Crippen molar-refractivity contribution in [2.24, 2.45) is 0 Å². The van der Waals surface area contributed by atoms with Crippen molar-refractivity contribution in [3.8, 4) is 0 Å². The number of amides is 1. The summed E-state index contributed by atoms with van der Waals surface area (Å²) in [5.74, 6) is 0.745. The molecule has 1 saturated carbocycles. The van der Waals surface area contributed by atoms with Gasteiger partial charge < -0.3 is 10.2 Å². The van der Waals surface area contributed by atoms with Crippen LogP contribution in [0.4, 0.5) is 5.82 Å². The van der Waals surface area contributed by atoms with E-state index in [1.807, 2.05) is 24.1 Å². The van der Waals surface area contributed by atoms with Gasteiger partial charge in [-0.15, -0.1) is 0 Å². The van der Waals surface area contributed by atoms with E-state index in [2.05, 4.69) is 10.3 Å². The molecule has 0 spiro atoms. The molecule has 0 saturated heterocycles. The average Bonchev–Trinajstić information content (AvgIpc) is 2.25. The Morgan fingerprint density at radius 3 is 2.81 bits per heavy atom. The molecule has 1 aliphatic rings. The summed E-state index contributed by atoms with van der Waals surface area (Å²) >= 11 is 0. The molecule has 0 radical (unpaired) electrons. The first-order valence-corrected chi connectivity index (χ1v) is 5.64. The lowest BCUT2D eigenvalue weighted by atomic mass is 9.92. The lowest BCUT2D eigenvalue weighted by molar-refractivity contribution is 0.0646. The Kier molecular flexibility index (Phi) is 3.08. The smallest absolute Gasteiger partial charge is 0.272 e. The van der Waals surface area contributed by atoms with Gasteiger partial charge in [-0.2, -0.15) is 0 Å². The van der Waals surface area contributed by atoms with Gasteiger partial charge in [0.1, 0.15) is 11.5 Å². The zero-order chi connectivity index (χ0) is 11.5. The van der Waals surface area contributed by atoms with E-state index in [1.54, 1.807) is 13.1 Å². The normalized spacial score (nSPS) is 15.4. The van der Waals surface area contributed by atoms with Crippen molar-refractivity contribution in [1.82, 2.24) is 9.88 Å². The molecule has 0 aliphatic heterocycles. The maximum Gasteiger partial charge on any atom is 0.272 e. The number of aromatic nitrogens is 1. The number of hydrogen-bond acceptors (Lipinski definition) is 3.